The van der Waals surface area contributed by atoms with Gasteiger partial charge in [0.1, 0.15) is 9.58 Å². The molecule has 7 heteroatoms. The average Bonchev–Trinajstić information content (AvgIpc) is 3.00. The van der Waals surface area contributed by atoms with Gasteiger partial charge in [-0.2, -0.15) is 0 Å². The van der Waals surface area contributed by atoms with Crippen LogP contribution >= 0.6 is 23.1 Å². The Kier molecular flexibility index (Phi) is 5.20. The summed E-state index contributed by atoms with van der Waals surface area (Å²) in [5, 5.41) is 2.94. The van der Waals surface area contributed by atoms with Crippen LogP contribution in [0.2, 0.25) is 0 Å². The van der Waals surface area contributed by atoms with Gasteiger partial charge >= 0.3 is 5.97 Å². The SMILES string of the molecule is CCOC(=O)C(C)(C)Sc1nc2scc(-c3ccc(C)cc3)c2c(=O)[nH]1. The first-order valence-corrected chi connectivity index (χ1v) is 9.96. The number of fused-ring (bicyclic) bond motifs is 1. The zero-order valence-electron chi connectivity index (χ0n) is 15.1. The van der Waals surface area contributed by atoms with Crippen molar-refractivity contribution >= 4 is 39.3 Å². The fourth-order valence-corrected chi connectivity index (χ4v) is 4.42. The van der Waals surface area contributed by atoms with Crippen LogP contribution in [0.4, 0.5) is 0 Å². The maximum absolute atomic E-state index is 12.7. The zero-order valence-corrected chi connectivity index (χ0v) is 16.7. The summed E-state index contributed by atoms with van der Waals surface area (Å²) < 4.78 is 4.25. The third-order valence-electron chi connectivity index (χ3n) is 3.90. The van der Waals surface area contributed by atoms with Crippen LogP contribution in [-0.2, 0) is 9.53 Å². The number of thiophene rings is 1. The second kappa shape index (κ2) is 7.25. The third kappa shape index (κ3) is 3.68. The van der Waals surface area contributed by atoms with E-state index in [2.05, 4.69) is 9.97 Å². The number of esters is 1. The van der Waals surface area contributed by atoms with Crippen molar-refractivity contribution in [2.45, 2.75) is 37.6 Å². The van der Waals surface area contributed by atoms with E-state index in [-0.39, 0.29) is 11.5 Å². The Labute approximate surface area is 159 Å². The lowest BCUT2D eigenvalue weighted by Crippen LogP contribution is -2.30. The highest BCUT2D eigenvalue weighted by Crippen LogP contribution is 2.34. The van der Waals surface area contributed by atoms with Crippen molar-refractivity contribution in [1.82, 2.24) is 9.97 Å². The van der Waals surface area contributed by atoms with E-state index in [1.807, 2.05) is 36.6 Å². The van der Waals surface area contributed by atoms with E-state index in [1.54, 1.807) is 20.8 Å². The summed E-state index contributed by atoms with van der Waals surface area (Å²) in [4.78, 5) is 32.8. The monoisotopic (exact) mass is 388 g/mol. The van der Waals surface area contributed by atoms with Crippen LogP contribution in [0.3, 0.4) is 0 Å². The zero-order chi connectivity index (χ0) is 18.9. The molecule has 0 saturated heterocycles. The van der Waals surface area contributed by atoms with E-state index in [1.165, 1.54) is 28.7 Å². The first-order valence-electron chi connectivity index (χ1n) is 8.26. The molecule has 136 valence electrons. The number of carbonyl (C=O) groups excluding carboxylic acids is 1. The fourth-order valence-electron chi connectivity index (χ4n) is 2.51. The Morgan fingerprint density at radius 3 is 2.65 bits per heavy atom. The summed E-state index contributed by atoms with van der Waals surface area (Å²) in [6.45, 7) is 7.62. The maximum Gasteiger partial charge on any atom is 0.322 e. The number of benzene rings is 1. The minimum atomic E-state index is -0.837. The van der Waals surface area contributed by atoms with Crippen LogP contribution in [0.1, 0.15) is 26.3 Å². The highest BCUT2D eigenvalue weighted by atomic mass is 32.2. The van der Waals surface area contributed by atoms with Crippen molar-refractivity contribution in [3.05, 3.63) is 45.6 Å². The van der Waals surface area contributed by atoms with Crippen LogP contribution in [0.15, 0.2) is 39.6 Å². The number of hydrogen-bond acceptors (Lipinski definition) is 6. The van der Waals surface area contributed by atoms with E-state index in [0.717, 1.165) is 11.1 Å². The molecular formula is C19H20N2O3S2. The number of nitrogens with zero attached hydrogens (tertiary/aromatic N) is 1. The number of rotatable bonds is 5. The van der Waals surface area contributed by atoms with E-state index >= 15 is 0 Å². The van der Waals surface area contributed by atoms with Crippen LogP contribution in [-0.4, -0.2) is 27.3 Å². The topological polar surface area (TPSA) is 72.0 Å². The Morgan fingerprint density at radius 2 is 2.00 bits per heavy atom. The van der Waals surface area contributed by atoms with Gasteiger partial charge in [-0.3, -0.25) is 9.59 Å². The van der Waals surface area contributed by atoms with Gasteiger partial charge in [-0.15, -0.1) is 11.3 Å². The first kappa shape index (κ1) is 18.7. The summed E-state index contributed by atoms with van der Waals surface area (Å²) in [5.74, 6) is -0.334. The van der Waals surface area contributed by atoms with Gasteiger partial charge in [-0.05, 0) is 33.3 Å². The molecule has 0 fully saturated rings. The number of H-pyrrole nitrogens is 1. The number of aryl methyl sites for hydroxylation is 1. The Bertz CT molecular complexity index is 1000. The average molecular weight is 389 g/mol. The second-order valence-electron chi connectivity index (χ2n) is 6.40. The molecule has 0 aliphatic carbocycles. The summed E-state index contributed by atoms with van der Waals surface area (Å²) in [7, 11) is 0. The molecule has 3 aromatic rings. The lowest BCUT2D eigenvalue weighted by Gasteiger charge is -2.20. The predicted molar refractivity (Wildman–Crippen MR) is 107 cm³/mol. The number of ether oxygens (including phenoxy) is 1. The molecule has 0 aliphatic heterocycles. The number of nitrogens with one attached hydrogen (secondary N) is 1. The molecule has 0 spiro atoms. The van der Waals surface area contributed by atoms with E-state index in [4.69, 9.17) is 4.74 Å². The van der Waals surface area contributed by atoms with Gasteiger partial charge in [0.15, 0.2) is 5.16 Å². The number of hydrogen-bond donors (Lipinski definition) is 1. The highest BCUT2D eigenvalue weighted by Gasteiger charge is 2.32. The van der Waals surface area contributed by atoms with Gasteiger partial charge in [0.05, 0.1) is 12.0 Å². The standard InChI is InChI=1S/C19H20N2O3S2/c1-5-24-17(23)19(3,4)26-18-20-15(22)14-13(10-25-16(14)21-18)12-8-6-11(2)7-9-12/h6-10H,5H2,1-4H3,(H,20,21,22). The lowest BCUT2D eigenvalue weighted by molar-refractivity contribution is -0.145. The summed E-state index contributed by atoms with van der Waals surface area (Å²) in [6, 6.07) is 8.05. The maximum atomic E-state index is 12.7. The quantitative estimate of drug-likeness (QED) is 0.399. The molecule has 1 aromatic carbocycles. The Balaban J connectivity index is 1.99. The lowest BCUT2D eigenvalue weighted by atomic mass is 10.1. The highest BCUT2D eigenvalue weighted by molar-refractivity contribution is 8.01. The van der Waals surface area contributed by atoms with Crippen molar-refractivity contribution in [1.29, 1.82) is 0 Å². The van der Waals surface area contributed by atoms with E-state index in [9.17, 15) is 9.59 Å². The van der Waals surface area contributed by atoms with Crippen molar-refractivity contribution in [2.24, 2.45) is 0 Å². The largest absolute Gasteiger partial charge is 0.465 e. The smallest absolute Gasteiger partial charge is 0.322 e. The number of aromatic amines is 1. The van der Waals surface area contributed by atoms with Gasteiger partial charge in [0, 0.05) is 10.9 Å². The molecule has 26 heavy (non-hydrogen) atoms. The molecular weight excluding hydrogens is 368 g/mol. The first-order chi connectivity index (χ1) is 12.3. The van der Waals surface area contributed by atoms with Crippen LogP contribution in [0.5, 0.6) is 0 Å². The molecule has 0 radical (unpaired) electrons. The summed E-state index contributed by atoms with van der Waals surface area (Å²) in [6.07, 6.45) is 0. The van der Waals surface area contributed by atoms with Gasteiger partial charge in [0.2, 0.25) is 0 Å². The minimum absolute atomic E-state index is 0.200. The molecule has 5 nitrogen and oxygen atoms in total. The van der Waals surface area contributed by atoms with E-state index < -0.39 is 4.75 Å². The van der Waals surface area contributed by atoms with Crippen molar-refractivity contribution in [3.8, 4) is 11.1 Å². The Morgan fingerprint density at radius 1 is 1.31 bits per heavy atom. The number of aromatic nitrogens is 2. The number of carbonyl (C=O) groups is 1. The molecule has 0 bridgehead atoms. The normalized spacial score (nSPS) is 11.7. The molecule has 1 N–H and O–H groups in total. The molecule has 0 unspecified atom stereocenters. The summed E-state index contributed by atoms with van der Waals surface area (Å²) >= 11 is 2.62. The third-order valence-corrected chi connectivity index (χ3v) is 5.84. The van der Waals surface area contributed by atoms with Crippen molar-refractivity contribution in [2.75, 3.05) is 6.61 Å². The molecule has 0 saturated carbocycles. The Hall–Kier alpha value is -2.12. The van der Waals surface area contributed by atoms with Gasteiger partial charge in [-0.25, -0.2) is 4.98 Å². The number of thioether (sulfide) groups is 1. The second-order valence-corrected chi connectivity index (χ2v) is 8.87. The molecule has 2 aromatic heterocycles. The van der Waals surface area contributed by atoms with Gasteiger partial charge in [0.25, 0.3) is 5.56 Å². The van der Waals surface area contributed by atoms with Crippen molar-refractivity contribution in [3.63, 3.8) is 0 Å². The fraction of sp³-hybridized carbons (Fsp3) is 0.316. The molecule has 3 rings (SSSR count). The minimum Gasteiger partial charge on any atom is -0.465 e. The van der Waals surface area contributed by atoms with Crippen LogP contribution < -0.4 is 5.56 Å². The van der Waals surface area contributed by atoms with Gasteiger partial charge in [-0.1, -0.05) is 41.6 Å². The van der Waals surface area contributed by atoms with Crippen LogP contribution in [0.25, 0.3) is 21.3 Å². The van der Waals surface area contributed by atoms with Gasteiger partial charge < -0.3 is 9.72 Å². The van der Waals surface area contributed by atoms with E-state index in [0.29, 0.717) is 22.0 Å². The predicted octanol–water partition coefficient (Wildman–Crippen LogP) is 4.39. The van der Waals surface area contributed by atoms with Crippen LogP contribution in [0, 0.1) is 6.92 Å². The molecule has 2 heterocycles. The molecule has 0 amide bonds. The molecule has 0 atom stereocenters. The molecule has 0 aliphatic rings. The summed E-state index contributed by atoms with van der Waals surface area (Å²) in [5.41, 5.74) is 2.83. The van der Waals surface area contributed by atoms with Crippen molar-refractivity contribution < 1.29 is 9.53 Å².